The molecular formula is C6H14Cl2Mg. The van der Waals surface area contributed by atoms with E-state index in [0.717, 1.165) is 5.92 Å². The Morgan fingerprint density at radius 2 is 1.22 bits per heavy atom. The molecule has 0 aromatic heterocycles. The molecule has 0 aliphatic carbocycles. The zero-order valence-electron chi connectivity index (χ0n) is 6.45. The summed E-state index contributed by atoms with van der Waals surface area (Å²) < 4.78 is 0. The molecule has 0 bridgehead atoms. The molecule has 0 saturated heterocycles. The first kappa shape index (κ1) is 22.4. The molecule has 0 rings (SSSR count). The van der Waals surface area contributed by atoms with Gasteiger partial charge in [-0.2, -0.15) is 0 Å². The van der Waals surface area contributed by atoms with Crippen LogP contribution in [0.5, 0.6) is 0 Å². The summed E-state index contributed by atoms with van der Waals surface area (Å²) in [5, 5.41) is 0. The minimum absolute atomic E-state index is 0. The standard InChI is InChI=1S/C6H14.2ClH.Mg/c1-4-6(3)5-2;;;/h6H,4-5H2,1-3H3;2*1H;/q;;;+2/p-2. The van der Waals surface area contributed by atoms with Crippen LogP contribution < -0.4 is 24.8 Å². The van der Waals surface area contributed by atoms with Crippen molar-refractivity contribution in [2.24, 2.45) is 5.92 Å². The maximum atomic E-state index is 2.28. The molecular weight excluding hydrogens is 167 g/mol. The zero-order valence-corrected chi connectivity index (χ0v) is 9.38. The molecule has 0 saturated carbocycles. The summed E-state index contributed by atoms with van der Waals surface area (Å²) in [4.78, 5) is 0. The van der Waals surface area contributed by atoms with Crippen molar-refractivity contribution in [3.63, 3.8) is 0 Å². The number of halogens is 2. The summed E-state index contributed by atoms with van der Waals surface area (Å²) in [5.74, 6) is 0.935. The Morgan fingerprint density at radius 1 is 1.00 bits per heavy atom. The van der Waals surface area contributed by atoms with Gasteiger partial charge < -0.3 is 24.8 Å². The van der Waals surface area contributed by atoms with Crippen LogP contribution in [0.2, 0.25) is 0 Å². The topological polar surface area (TPSA) is 0 Å². The van der Waals surface area contributed by atoms with Crippen LogP contribution in [0.25, 0.3) is 0 Å². The van der Waals surface area contributed by atoms with Crippen LogP contribution in [-0.4, -0.2) is 23.1 Å². The van der Waals surface area contributed by atoms with E-state index in [4.69, 9.17) is 0 Å². The summed E-state index contributed by atoms with van der Waals surface area (Å²) in [5.41, 5.74) is 0. The van der Waals surface area contributed by atoms with Gasteiger partial charge in [0.15, 0.2) is 0 Å². The molecule has 9 heavy (non-hydrogen) atoms. The molecule has 0 unspecified atom stereocenters. The Hall–Kier alpha value is 1.35. The van der Waals surface area contributed by atoms with E-state index in [0.29, 0.717) is 0 Å². The van der Waals surface area contributed by atoms with Gasteiger partial charge in [-0.25, -0.2) is 0 Å². The van der Waals surface area contributed by atoms with Crippen molar-refractivity contribution in [3.8, 4) is 0 Å². The van der Waals surface area contributed by atoms with Gasteiger partial charge in [0.05, 0.1) is 0 Å². The fourth-order valence-electron chi connectivity index (χ4n) is 0.289. The summed E-state index contributed by atoms with van der Waals surface area (Å²) in [6.45, 7) is 6.74. The van der Waals surface area contributed by atoms with Crippen molar-refractivity contribution in [2.45, 2.75) is 33.6 Å². The van der Waals surface area contributed by atoms with Crippen molar-refractivity contribution in [3.05, 3.63) is 0 Å². The number of hydrogen-bond acceptors (Lipinski definition) is 0. The molecule has 0 aromatic carbocycles. The van der Waals surface area contributed by atoms with Crippen molar-refractivity contribution in [2.75, 3.05) is 0 Å². The maximum Gasteiger partial charge on any atom is 2.00 e. The molecule has 54 valence electrons. The third kappa shape index (κ3) is 17.6. The molecule has 0 spiro atoms. The minimum atomic E-state index is 0. The monoisotopic (exact) mass is 180 g/mol. The van der Waals surface area contributed by atoms with E-state index in [1.165, 1.54) is 12.8 Å². The van der Waals surface area contributed by atoms with Gasteiger partial charge in [-0.05, 0) is 5.92 Å². The quantitative estimate of drug-likeness (QED) is 0.382. The molecule has 3 heteroatoms. The Kier molecular flexibility index (Phi) is 40.3. The van der Waals surface area contributed by atoms with E-state index in [1.54, 1.807) is 0 Å². The van der Waals surface area contributed by atoms with Crippen LogP contribution in [-0.2, 0) is 0 Å². The van der Waals surface area contributed by atoms with Gasteiger partial charge in [0.25, 0.3) is 0 Å². The predicted molar refractivity (Wildman–Crippen MR) is 35.5 cm³/mol. The molecule has 0 amide bonds. The van der Waals surface area contributed by atoms with E-state index >= 15 is 0 Å². The van der Waals surface area contributed by atoms with E-state index in [2.05, 4.69) is 20.8 Å². The smallest absolute Gasteiger partial charge is 1.00 e. The Morgan fingerprint density at radius 3 is 1.22 bits per heavy atom. The van der Waals surface area contributed by atoms with Gasteiger partial charge >= 0.3 is 23.1 Å². The normalized spacial score (nSPS) is 6.67. The average Bonchev–Trinajstić information content (AvgIpc) is 1.65. The first-order chi connectivity index (χ1) is 2.81. The van der Waals surface area contributed by atoms with Crippen molar-refractivity contribution in [1.82, 2.24) is 0 Å². The van der Waals surface area contributed by atoms with Crippen LogP contribution in [0, 0.1) is 5.92 Å². The molecule has 0 N–H and O–H groups in total. The van der Waals surface area contributed by atoms with Crippen LogP contribution in [0.15, 0.2) is 0 Å². The van der Waals surface area contributed by atoms with Gasteiger partial charge in [0.2, 0.25) is 0 Å². The average molecular weight is 181 g/mol. The van der Waals surface area contributed by atoms with E-state index in [-0.39, 0.29) is 47.9 Å². The van der Waals surface area contributed by atoms with E-state index in [1.807, 2.05) is 0 Å². The second-order valence-corrected chi connectivity index (χ2v) is 1.92. The van der Waals surface area contributed by atoms with E-state index < -0.39 is 0 Å². The summed E-state index contributed by atoms with van der Waals surface area (Å²) in [6, 6.07) is 0. The van der Waals surface area contributed by atoms with E-state index in [9.17, 15) is 0 Å². The van der Waals surface area contributed by atoms with Crippen molar-refractivity contribution in [1.29, 1.82) is 0 Å². The van der Waals surface area contributed by atoms with Crippen LogP contribution in [0.3, 0.4) is 0 Å². The Balaban J connectivity index is -0.0000000417. The van der Waals surface area contributed by atoms with Gasteiger partial charge in [-0.3, -0.25) is 0 Å². The molecule has 0 aromatic rings. The summed E-state index contributed by atoms with van der Waals surface area (Å²) in [7, 11) is 0. The Labute approximate surface area is 87.1 Å². The molecule has 0 fully saturated rings. The maximum absolute atomic E-state index is 2.28. The second-order valence-electron chi connectivity index (χ2n) is 1.92. The first-order valence-electron chi connectivity index (χ1n) is 2.81. The second kappa shape index (κ2) is 16.2. The zero-order chi connectivity index (χ0) is 4.99. The van der Waals surface area contributed by atoms with Crippen LogP contribution >= 0.6 is 0 Å². The summed E-state index contributed by atoms with van der Waals surface area (Å²) >= 11 is 0. The first-order valence-corrected chi connectivity index (χ1v) is 2.81. The van der Waals surface area contributed by atoms with Gasteiger partial charge in [0, 0.05) is 0 Å². The SMILES string of the molecule is CCC(C)CC.[Cl-].[Cl-].[Mg+2]. The largest absolute Gasteiger partial charge is 2.00 e. The fraction of sp³-hybridized carbons (Fsp3) is 1.00. The molecule has 0 aliphatic rings. The molecule has 0 atom stereocenters. The van der Waals surface area contributed by atoms with Gasteiger partial charge in [-0.1, -0.05) is 33.6 Å². The van der Waals surface area contributed by atoms with Crippen LogP contribution in [0.4, 0.5) is 0 Å². The van der Waals surface area contributed by atoms with Crippen LogP contribution in [0.1, 0.15) is 33.6 Å². The molecule has 0 aliphatic heterocycles. The van der Waals surface area contributed by atoms with Gasteiger partial charge in [0.1, 0.15) is 0 Å². The third-order valence-electron chi connectivity index (χ3n) is 1.39. The molecule has 0 nitrogen and oxygen atoms in total. The predicted octanol–water partition coefficient (Wildman–Crippen LogP) is -3.93. The van der Waals surface area contributed by atoms with Crippen molar-refractivity contribution >= 4 is 23.1 Å². The Bertz CT molecular complexity index is 30.2. The summed E-state index contributed by atoms with van der Waals surface area (Å²) in [6.07, 6.45) is 2.66. The fourth-order valence-corrected chi connectivity index (χ4v) is 0.289. The number of hydrogen-bond donors (Lipinski definition) is 0. The minimum Gasteiger partial charge on any atom is -1.00 e. The number of rotatable bonds is 2. The third-order valence-corrected chi connectivity index (χ3v) is 1.39. The van der Waals surface area contributed by atoms with Gasteiger partial charge in [-0.15, -0.1) is 0 Å². The van der Waals surface area contributed by atoms with Crippen molar-refractivity contribution < 1.29 is 24.8 Å². The molecule has 0 heterocycles. The molecule has 0 radical (unpaired) electrons.